The third-order valence-electron chi connectivity index (χ3n) is 4.43. The number of rotatable bonds is 4. The first kappa shape index (κ1) is 12.6. The number of fused-ring (bicyclic) bond motifs is 1. The van der Waals surface area contributed by atoms with E-state index in [0.717, 1.165) is 24.6 Å². The first-order valence-corrected chi connectivity index (χ1v) is 7.25. The molecule has 0 bridgehead atoms. The van der Waals surface area contributed by atoms with Crippen molar-refractivity contribution in [3.05, 3.63) is 30.1 Å². The van der Waals surface area contributed by atoms with Crippen LogP contribution in [-0.4, -0.2) is 30.0 Å². The molecule has 2 fully saturated rings. The summed E-state index contributed by atoms with van der Waals surface area (Å²) >= 11 is 0. The highest BCUT2D eigenvalue weighted by Crippen LogP contribution is 2.37. The van der Waals surface area contributed by atoms with Crippen molar-refractivity contribution in [1.29, 1.82) is 0 Å². The number of carbonyl (C=O) groups excluding carboxylic acids is 1. The van der Waals surface area contributed by atoms with Gasteiger partial charge in [-0.1, -0.05) is 12.5 Å². The number of amides is 1. The number of pyridine rings is 1. The van der Waals surface area contributed by atoms with E-state index in [1.807, 2.05) is 18.2 Å². The number of nitrogens with one attached hydrogen (secondary N) is 2. The van der Waals surface area contributed by atoms with E-state index in [-0.39, 0.29) is 11.9 Å². The fourth-order valence-electron chi connectivity index (χ4n) is 3.44. The van der Waals surface area contributed by atoms with E-state index in [2.05, 4.69) is 15.6 Å². The molecule has 1 saturated heterocycles. The van der Waals surface area contributed by atoms with Gasteiger partial charge in [0.2, 0.25) is 5.91 Å². The second kappa shape index (κ2) is 5.70. The van der Waals surface area contributed by atoms with E-state index in [0.29, 0.717) is 12.5 Å². The van der Waals surface area contributed by atoms with Crippen LogP contribution in [-0.2, 0) is 11.2 Å². The predicted octanol–water partition coefficient (Wildman–Crippen LogP) is 1.13. The second-order valence-corrected chi connectivity index (χ2v) is 5.60. The second-order valence-electron chi connectivity index (χ2n) is 5.60. The van der Waals surface area contributed by atoms with E-state index in [1.165, 1.54) is 19.3 Å². The summed E-state index contributed by atoms with van der Waals surface area (Å²) in [4.78, 5) is 16.4. The summed E-state index contributed by atoms with van der Waals surface area (Å²) in [6.07, 6.45) is 6.37. The SMILES string of the molecule is O=C(NCCc1ccccn1)C1NCC2CCCC21. The van der Waals surface area contributed by atoms with Gasteiger partial charge in [0, 0.05) is 24.9 Å². The van der Waals surface area contributed by atoms with Crippen molar-refractivity contribution < 1.29 is 4.79 Å². The summed E-state index contributed by atoms with van der Waals surface area (Å²) in [5, 5.41) is 6.42. The Kier molecular flexibility index (Phi) is 3.78. The van der Waals surface area contributed by atoms with Crippen LogP contribution in [0.25, 0.3) is 0 Å². The van der Waals surface area contributed by atoms with Crippen LogP contribution >= 0.6 is 0 Å². The van der Waals surface area contributed by atoms with Crippen molar-refractivity contribution in [2.45, 2.75) is 31.7 Å². The van der Waals surface area contributed by atoms with E-state index in [4.69, 9.17) is 0 Å². The van der Waals surface area contributed by atoms with E-state index < -0.39 is 0 Å². The molecule has 3 unspecified atom stereocenters. The molecule has 2 N–H and O–H groups in total. The minimum absolute atomic E-state index is 0.0382. The van der Waals surface area contributed by atoms with Gasteiger partial charge in [-0.15, -0.1) is 0 Å². The zero-order chi connectivity index (χ0) is 13.1. The Labute approximate surface area is 114 Å². The van der Waals surface area contributed by atoms with Gasteiger partial charge in [0.25, 0.3) is 0 Å². The minimum Gasteiger partial charge on any atom is -0.354 e. The molecule has 2 heterocycles. The van der Waals surface area contributed by atoms with Gasteiger partial charge in [-0.3, -0.25) is 9.78 Å². The van der Waals surface area contributed by atoms with Crippen molar-refractivity contribution in [1.82, 2.24) is 15.6 Å². The molecule has 0 aromatic carbocycles. The van der Waals surface area contributed by atoms with E-state index in [9.17, 15) is 4.79 Å². The molecule has 3 atom stereocenters. The van der Waals surface area contributed by atoms with Gasteiger partial charge >= 0.3 is 0 Å². The molecule has 4 nitrogen and oxygen atoms in total. The van der Waals surface area contributed by atoms with Gasteiger partial charge in [0.15, 0.2) is 0 Å². The number of hydrogen-bond acceptors (Lipinski definition) is 3. The largest absolute Gasteiger partial charge is 0.354 e. The molecule has 0 spiro atoms. The molecule has 0 radical (unpaired) electrons. The Bertz CT molecular complexity index is 434. The Morgan fingerprint density at radius 2 is 2.37 bits per heavy atom. The van der Waals surface area contributed by atoms with Crippen molar-refractivity contribution in [2.75, 3.05) is 13.1 Å². The zero-order valence-electron chi connectivity index (χ0n) is 11.1. The van der Waals surface area contributed by atoms with Gasteiger partial charge in [-0.2, -0.15) is 0 Å². The Balaban J connectivity index is 1.47. The first-order valence-electron chi connectivity index (χ1n) is 7.25. The molecular weight excluding hydrogens is 238 g/mol. The summed E-state index contributed by atoms with van der Waals surface area (Å²) < 4.78 is 0. The molecule has 102 valence electrons. The maximum atomic E-state index is 12.2. The lowest BCUT2D eigenvalue weighted by atomic mass is 9.93. The lowest BCUT2D eigenvalue weighted by molar-refractivity contribution is -0.123. The maximum Gasteiger partial charge on any atom is 0.237 e. The van der Waals surface area contributed by atoms with Crippen molar-refractivity contribution >= 4 is 5.91 Å². The molecule has 19 heavy (non-hydrogen) atoms. The molecule has 1 aliphatic heterocycles. The van der Waals surface area contributed by atoms with Crippen LogP contribution in [0.3, 0.4) is 0 Å². The Morgan fingerprint density at radius 3 is 3.21 bits per heavy atom. The molecule has 1 amide bonds. The van der Waals surface area contributed by atoms with E-state index in [1.54, 1.807) is 6.20 Å². The smallest absolute Gasteiger partial charge is 0.237 e. The highest BCUT2D eigenvalue weighted by atomic mass is 16.2. The lowest BCUT2D eigenvalue weighted by Gasteiger charge is -2.17. The standard InChI is InChI=1S/C15H21N3O/c19-15(14-13-6-3-4-11(13)10-18-14)17-9-7-12-5-1-2-8-16-12/h1-2,5,8,11,13-14,18H,3-4,6-7,9-10H2,(H,17,19). The normalized spacial score (nSPS) is 29.2. The van der Waals surface area contributed by atoms with Crippen LogP contribution < -0.4 is 10.6 Å². The van der Waals surface area contributed by atoms with Gasteiger partial charge < -0.3 is 10.6 Å². The summed E-state index contributed by atoms with van der Waals surface area (Å²) in [5.41, 5.74) is 1.03. The molecule has 2 aliphatic rings. The Morgan fingerprint density at radius 1 is 1.42 bits per heavy atom. The fourth-order valence-corrected chi connectivity index (χ4v) is 3.44. The molecule has 4 heteroatoms. The monoisotopic (exact) mass is 259 g/mol. The third-order valence-corrected chi connectivity index (χ3v) is 4.43. The quantitative estimate of drug-likeness (QED) is 0.852. The summed E-state index contributed by atoms with van der Waals surface area (Å²) in [6, 6.07) is 5.92. The van der Waals surface area contributed by atoms with Crippen LogP contribution in [0.4, 0.5) is 0 Å². The minimum atomic E-state index is 0.0382. The van der Waals surface area contributed by atoms with Gasteiger partial charge in [0.05, 0.1) is 6.04 Å². The van der Waals surface area contributed by atoms with Crippen LogP contribution in [0, 0.1) is 11.8 Å². The number of carbonyl (C=O) groups is 1. The first-order chi connectivity index (χ1) is 9.34. The van der Waals surface area contributed by atoms with Crippen molar-refractivity contribution in [3.63, 3.8) is 0 Å². The number of nitrogens with zero attached hydrogens (tertiary/aromatic N) is 1. The summed E-state index contributed by atoms with van der Waals surface area (Å²) in [7, 11) is 0. The molecular formula is C15H21N3O. The van der Waals surface area contributed by atoms with E-state index >= 15 is 0 Å². The molecule has 1 saturated carbocycles. The molecule has 3 rings (SSSR count). The predicted molar refractivity (Wildman–Crippen MR) is 73.6 cm³/mol. The lowest BCUT2D eigenvalue weighted by Crippen LogP contribution is -2.44. The molecule has 1 aromatic heterocycles. The number of aromatic nitrogens is 1. The maximum absolute atomic E-state index is 12.2. The Hall–Kier alpha value is -1.42. The highest BCUT2D eigenvalue weighted by Gasteiger charge is 2.42. The van der Waals surface area contributed by atoms with Crippen molar-refractivity contribution in [2.24, 2.45) is 11.8 Å². The third kappa shape index (κ3) is 2.78. The number of hydrogen-bond donors (Lipinski definition) is 2. The molecule has 1 aromatic rings. The fraction of sp³-hybridized carbons (Fsp3) is 0.600. The topological polar surface area (TPSA) is 54.0 Å². The van der Waals surface area contributed by atoms with Crippen LogP contribution in [0.5, 0.6) is 0 Å². The van der Waals surface area contributed by atoms with Crippen LogP contribution in [0.2, 0.25) is 0 Å². The van der Waals surface area contributed by atoms with Gasteiger partial charge in [-0.05, 0) is 43.4 Å². The summed E-state index contributed by atoms with van der Waals surface area (Å²) in [5.74, 6) is 1.46. The summed E-state index contributed by atoms with van der Waals surface area (Å²) in [6.45, 7) is 1.69. The highest BCUT2D eigenvalue weighted by molar-refractivity contribution is 5.82. The average molecular weight is 259 g/mol. The van der Waals surface area contributed by atoms with Gasteiger partial charge in [0.1, 0.15) is 0 Å². The zero-order valence-corrected chi connectivity index (χ0v) is 11.1. The average Bonchev–Trinajstić information content (AvgIpc) is 3.02. The van der Waals surface area contributed by atoms with Crippen LogP contribution in [0.1, 0.15) is 25.0 Å². The molecule has 1 aliphatic carbocycles. The van der Waals surface area contributed by atoms with Crippen LogP contribution in [0.15, 0.2) is 24.4 Å². The van der Waals surface area contributed by atoms with Gasteiger partial charge in [-0.25, -0.2) is 0 Å². The van der Waals surface area contributed by atoms with Crippen molar-refractivity contribution in [3.8, 4) is 0 Å².